The summed E-state index contributed by atoms with van der Waals surface area (Å²) in [6, 6.07) is -0.0433. The first-order chi connectivity index (χ1) is 8.08. The molecule has 1 amide bonds. The number of aromatic nitrogens is 1. The van der Waals surface area contributed by atoms with E-state index in [1.165, 1.54) is 11.3 Å². The zero-order valence-corrected chi connectivity index (χ0v) is 10.8. The molecule has 1 aliphatic heterocycles. The van der Waals surface area contributed by atoms with E-state index >= 15 is 0 Å². The van der Waals surface area contributed by atoms with Gasteiger partial charge in [-0.2, -0.15) is 0 Å². The summed E-state index contributed by atoms with van der Waals surface area (Å²) in [7, 11) is 0. The van der Waals surface area contributed by atoms with Crippen LogP contribution in [0.3, 0.4) is 0 Å². The quantitative estimate of drug-likeness (QED) is 0.847. The van der Waals surface area contributed by atoms with E-state index in [0.717, 1.165) is 11.4 Å². The molecule has 2 rings (SSSR count). The van der Waals surface area contributed by atoms with Crippen LogP contribution in [0.1, 0.15) is 41.8 Å². The monoisotopic (exact) mass is 255 g/mol. The average Bonchev–Trinajstić information content (AvgIpc) is 2.88. The molecule has 3 atom stereocenters. The van der Waals surface area contributed by atoms with Crippen LogP contribution in [0.2, 0.25) is 0 Å². The summed E-state index contributed by atoms with van der Waals surface area (Å²) in [4.78, 5) is 16.1. The Morgan fingerprint density at radius 1 is 1.76 bits per heavy atom. The van der Waals surface area contributed by atoms with Crippen molar-refractivity contribution in [1.29, 1.82) is 0 Å². The van der Waals surface area contributed by atoms with Gasteiger partial charge in [0.25, 0.3) is 5.91 Å². The molecule has 1 aromatic rings. The molecule has 1 aliphatic rings. The minimum atomic E-state index is -0.143. The largest absolute Gasteiger partial charge is 0.376 e. The average molecular weight is 255 g/mol. The van der Waals surface area contributed by atoms with Gasteiger partial charge in [0.2, 0.25) is 0 Å². The highest BCUT2D eigenvalue weighted by Crippen LogP contribution is 2.17. The van der Waals surface area contributed by atoms with Gasteiger partial charge in [-0.15, -0.1) is 11.3 Å². The van der Waals surface area contributed by atoms with Crippen molar-refractivity contribution >= 4 is 17.2 Å². The van der Waals surface area contributed by atoms with E-state index in [1.807, 2.05) is 13.8 Å². The van der Waals surface area contributed by atoms with E-state index in [1.54, 1.807) is 5.38 Å². The van der Waals surface area contributed by atoms with Crippen LogP contribution in [0.25, 0.3) is 0 Å². The van der Waals surface area contributed by atoms with Crippen LogP contribution >= 0.6 is 11.3 Å². The van der Waals surface area contributed by atoms with Gasteiger partial charge in [-0.1, -0.05) is 0 Å². The molecule has 0 saturated carbocycles. The molecule has 94 valence electrons. The summed E-state index contributed by atoms with van der Waals surface area (Å²) in [6.45, 7) is 4.52. The van der Waals surface area contributed by atoms with Gasteiger partial charge in [-0.3, -0.25) is 4.79 Å². The van der Waals surface area contributed by atoms with Gasteiger partial charge < -0.3 is 15.8 Å². The van der Waals surface area contributed by atoms with Crippen molar-refractivity contribution in [3.63, 3.8) is 0 Å². The maximum absolute atomic E-state index is 11.9. The normalized spacial score (nSPS) is 25.8. The summed E-state index contributed by atoms with van der Waals surface area (Å²) in [5.41, 5.74) is 6.15. The Hall–Kier alpha value is -0.980. The number of carbonyl (C=O) groups is 1. The lowest BCUT2D eigenvalue weighted by Crippen LogP contribution is -2.39. The molecule has 6 heteroatoms. The number of nitrogens with one attached hydrogen (secondary N) is 1. The third-order valence-electron chi connectivity index (χ3n) is 2.84. The lowest BCUT2D eigenvalue weighted by Gasteiger charge is -2.14. The Labute approximate surface area is 104 Å². The van der Waals surface area contributed by atoms with Gasteiger partial charge >= 0.3 is 0 Å². The van der Waals surface area contributed by atoms with Crippen molar-refractivity contribution in [2.24, 2.45) is 5.73 Å². The van der Waals surface area contributed by atoms with Gasteiger partial charge in [0.05, 0.1) is 18.2 Å². The summed E-state index contributed by atoms with van der Waals surface area (Å²) in [6.07, 6.45) is 0.933. The second kappa shape index (κ2) is 5.12. The maximum atomic E-state index is 11.9. The molecule has 0 radical (unpaired) electrons. The van der Waals surface area contributed by atoms with Crippen LogP contribution in [0.5, 0.6) is 0 Å². The summed E-state index contributed by atoms with van der Waals surface area (Å²) >= 11 is 1.42. The first kappa shape index (κ1) is 12.5. The van der Waals surface area contributed by atoms with Crippen molar-refractivity contribution in [2.75, 3.05) is 6.61 Å². The third kappa shape index (κ3) is 2.83. The summed E-state index contributed by atoms with van der Waals surface area (Å²) < 4.78 is 5.39. The molecule has 2 heterocycles. The molecule has 3 N–H and O–H groups in total. The minimum absolute atomic E-state index is 0.0745. The number of hydrogen-bond acceptors (Lipinski definition) is 5. The lowest BCUT2D eigenvalue weighted by molar-refractivity contribution is 0.0862. The maximum Gasteiger partial charge on any atom is 0.271 e. The second-order valence-corrected chi connectivity index (χ2v) is 5.19. The van der Waals surface area contributed by atoms with Gasteiger partial charge in [-0.05, 0) is 20.3 Å². The zero-order valence-electron chi connectivity index (χ0n) is 9.97. The first-order valence-electron chi connectivity index (χ1n) is 5.71. The predicted molar refractivity (Wildman–Crippen MR) is 66.0 cm³/mol. The Balaban J connectivity index is 1.99. The van der Waals surface area contributed by atoms with Crippen LogP contribution < -0.4 is 11.1 Å². The molecule has 5 nitrogen and oxygen atoms in total. The number of ether oxygens (including phenoxy) is 1. The van der Waals surface area contributed by atoms with Gasteiger partial charge in [0, 0.05) is 12.0 Å². The molecule has 0 aliphatic carbocycles. The zero-order chi connectivity index (χ0) is 12.4. The topological polar surface area (TPSA) is 77.2 Å². The third-order valence-corrected chi connectivity index (χ3v) is 3.88. The van der Waals surface area contributed by atoms with Crippen molar-refractivity contribution in [2.45, 2.75) is 38.5 Å². The number of thiazole rings is 1. The Bertz CT molecular complexity index is 405. The summed E-state index contributed by atoms with van der Waals surface area (Å²) in [5.74, 6) is -0.143. The smallest absolute Gasteiger partial charge is 0.271 e. The number of hydrogen-bond donors (Lipinski definition) is 2. The Morgan fingerprint density at radius 3 is 3.06 bits per heavy atom. The molecular weight excluding hydrogens is 238 g/mol. The van der Waals surface area contributed by atoms with Gasteiger partial charge in [-0.25, -0.2) is 4.98 Å². The van der Waals surface area contributed by atoms with Crippen LogP contribution in [0.4, 0.5) is 0 Å². The molecule has 1 aromatic heterocycles. The number of amides is 1. The van der Waals surface area contributed by atoms with E-state index in [-0.39, 0.29) is 24.1 Å². The number of nitrogens with zero attached hydrogens (tertiary/aromatic N) is 1. The molecule has 17 heavy (non-hydrogen) atoms. The van der Waals surface area contributed by atoms with Crippen LogP contribution in [0.15, 0.2) is 5.38 Å². The fraction of sp³-hybridized carbons (Fsp3) is 0.636. The number of nitrogens with two attached hydrogens (primary N) is 1. The van der Waals surface area contributed by atoms with Crippen molar-refractivity contribution < 1.29 is 9.53 Å². The lowest BCUT2D eigenvalue weighted by atomic mass is 10.1. The highest BCUT2D eigenvalue weighted by Gasteiger charge is 2.26. The molecular formula is C11H17N3O2S. The van der Waals surface area contributed by atoms with Crippen LogP contribution in [-0.4, -0.2) is 29.6 Å². The van der Waals surface area contributed by atoms with E-state index < -0.39 is 0 Å². The highest BCUT2D eigenvalue weighted by atomic mass is 32.1. The van der Waals surface area contributed by atoms with E-state index in [4.69, 9.17) is 10.5 Å². The van der Waals surface area contributed by atoms with Crippen LogP contribution in [-0.2, 0) is 4.74 Å². The fourth-order valence-electron chi connectivity index (χ4n) is 1.76. The van der Waals surface area contributed by atoms with Crippen molar-refractivity contribution in [3.8, 4) is 0 Å². The van der Waals surface area contributed by atoms with Gasteiger partial charge in [0.15, 0.2) is 0 Å². The summed E-state index contributed by atoms with van der Waals surface area (Å²) in [5, 5.41) is 5.46. The van der Waals surface area contributed by atoms with E-state index in [0.29, 0.717) is 12.3 Å². The second-order valence-electron chi connectivity index (χ2n) is 4.30. The molecule has 0 bridgehead atoms. The molecule has 1 fully saturated rings. The molecule has 1 saturated heterocycles. The molecule has 0 spiro atoms. The molecule has 0 aromatic carbocycles. The minimum Gasteiger partial charge on any atom is -0.376 e. The first-order valence-corrected chi connectivity index (χ1v) is 6.59. The van der Waals surface area contributed by atoms with Crippen molar-refractivity contribution in [1.82, 2.24) is 10.3 Å². The van der Waals surface area contributed by atoms with E-state index in [9.17, 15) is 4.79 Å². The van der Waals surface area contributed by atoms with Gasteiger partial charge in [0.1, 0.15) is 10.7 Å². The SMILES string of the molecule is CC(N)c1nc(C(=O)NC2CCOC2C)cs1. The van der Waals surface area contributed by atoms with E-state index in [2.05, 4.69) is 10.3 Å². The Kier molecular flexibility index (Phi) is 3.76. The highest BCUT2D eigenvalue weighted by molar-refractivity contribution is 7.09. The Morgan fingerprint density at radius 2 is 2.53 bits per heavy atom. The fourth-order valence-corrected chi connectivity index (χ4v) is 2.52. The number of rotatable bonds is 3. The standard InChI is InChI=1S/C11H17N3O2S/c1-6(12)11-14-9(5-17-11)10(15)13-8-3-4-16-7(8)2/h5-8H,3-4,12H2,1-2H3,(H,13,15). The predicted octanol–water partition coefficient (Wildman–Crippen LogP) is 1.07. The number of carbonyl (C=O) groups excluding carboxylic acids is 1. The molecule has 3 unspecified atom stereocenters. The van der Waals surface area contributed by atoms with Crippen LogP contribution in [0, 0.1) is 0 Å². The van der Waals surface area contributed by atoms with Crippen molar-refractivity contribution in [3.05, 3.63) is 16.1 Å².